The van der Waals surface area contributed by atoms with Gasteiger partial charge in [-0.3, -0.25) is 4.79 Å². The largest absolute Gasteiger partial charge is 0.294 e. The highest BCUT2D eigenvalue weighted by atomic mass is 19.1. The Balaban J connectivity index is 2.66. The Morgan fingerprint density at radius 2 is 2.15 bits per heavy atom. The predicted molar refractivity (Wildman–Crippen MR) is 49.1 cm³/mol. The van der Waals surface area contributed by atoms with E-state index in [1.807, 2.05) is 0 Å². The van der Waals surface area contributed by atoms with Gasteiger partial charge in [-0.05, 0) is 29.7 Å². The number of carbonyl (C=O) groups is 1. The van der Waals surface area contributed by atoms with Gasteiger partial charge in [-0.1, -0.05) is 12.7 Å². The molecule has 0 saturated carbocycles. The normalized spacial score (nSPS) is 14.4. The second-order valence-electron chi connectivity index (χ2n) is 3.16. The molecule has 0 radical (unpaired) electrons. The number of halogens is 1. The minimum atomic E-state index is -0.279. The summed E-state index contributed by atoms with van der Waals surface area (Å²) in [7, 11) is 0. The Hall–Kier alpha value is -1.44. The third-order valence-electron chi connectivity index (χ3n) is 2.36. The zero-order chi connectivity index (χ0) is 9.42. The van der Waals surface area contributed by atoms with E-state index in [0.29, 0.717) is 29.5 Å². The fourth-order valence-electron chi connectivity index (χ4n) is 1.65. The van der Waals surface area contributed by atoms with Crippen molar-refractivity contribution < 1.29 is 9.18 Å². The first kappa shape index (κ1) is 8.17. The maximum Gasteiger partial charge on any atom is 0.163 e. The summed E-state index contributed by atoms with van der Waals surface area (Å²) < 4.78 is 13.3. The second kappa shape index (κ2) is 2.80. The first-order chi connectivity index (χ1) is 6.22. The van der Waals surface area contributed by atoms with Crippen LogP contribution in [0.5, 0.6) is 0 Å². The summed E-state index contributed by atoms with van der Waals surface area (Å²) >= 11 is 0. The fraction of sp³-hybridized carbons (Fsp3) is 0.182. The molecule has 0 unspecified atom stereocenters. The minimum absolute atomic E-state index is 0.0394. The smallest absolute Gasteiger partial charge is 0.163 e. The van der Waals surface area contributed by atoms with Crippen molar-refractivity contribution in [3.63, 3.8) is 0 Å². The lowest BCUT2D eigenvalue weighted by Gasteiger charge is -2.01. The molecule has 0 atom stereocenters. The number of rotatable bonds is 1. The van der Waals surface area contributed by atoms with Crippen LogP contribution in [0.3, 0.4) is 0 Å². The molecule has 0 bridgehead atoms. The lowest BCUT2D eigenvalue weighted by atomic mass is 10.1. The average Bonchev–Trinajstić information content (AvgIpc) is 2.48. The number of ketones is 1. The van der Waals surface area contributed by atoms with Gasteiger partial charge in [0, 0.05) is 12.0 Å². The zero-order valence-electron chi connectivity index (χ0n) is 7.14. The highest BCUT2D eigenvalue weighted by Gasteiger charge is 2.22. The van der Waals surface area contributed by atoms with Crippen molar-refractivity contribution in [2.75, 3.05) is 0 Å². The number of carbonyl (C=O) groups excluding carboxylic acids is 1. The summed E-state index contributed by atoms with van der Waals surface area (Å²) in [5.41, 5.74) is 1.78. The van der Waals surface area contributed by atoms with Gasteiger partial charge < -0.3 is 0 Å². The van der Waals surface area contributed by atoms with Crippen molar-refractivity contribution in [2.24, 2.45) is 0 Å². The number of Topliss-reactive ketones (excluding diaryl/α,β-unsaturated/α-hetero) is 1. The highest BCUT2D eigenvalue weighted by molar-refractivity contribution is 6.00. The number of benzene rings is 1. The van der Waals surface area contributed by atoms with Crippen LogP contribution < -0.4 is 0 Å². The average molecular weight is 176 g/mol. The van der Waals surface area contributed by atoms with E-state index >= 15 is 0 Å². The van der Waals surface area contributed by atoms with E-state index in [2.05, 4.69) is 6.58 Å². The van der Waals surface area contributed by atoms with Gasteiger partial charge in [-0.2, -0.15) is 0 Å². The van der Waals surface area contributed by atoms with E-state index in [-0.39, 0.29) is 11.6 Å². The number of hydrogen-bond acceptors (Lipinski definition) is 1. The quantitative estimate of drug-likeness (QED) is 0.642. The molecule has 2 rings (SSSR count). The Bertz CT molecular complexity index is 393. The van der Waals surface area contributed by atoms with Crippen LogP contribution in [0.25, 0.3) is 6.08 Å². The summed E-state index contributed by atoms with van der Waals surface area (Å²) in [6.45, 7) is 3.54. The molecule has 0 N–H and O–H groups in total. The number of hydrogen-bond donors (Lipinski definition) is 0. The third-order valence-corrected chi connectivity index (χ3v) is 2.36. The minimum Gasteiger partial charge on any atom is -0.294 e. The SMILES string of the molecule is C=Cc1cc(F)c2c(c1)C(=O)CC2. The van der Waals surface area contributed by atoms with E-state index in [1.165, 1.54) is 6.07 Å². The van der Waals surface area contributed by atoms with E-state index in [1.54, 1.807) is 12.1 Å². The Kier molecular flexibility index (Phi) is 1.76. The van der Waals surface area contributed by atoms with Gasteiger partial charge in [0.2, 0.25) is 0 Å². The monoisotopic (exact) mass is 176 g/mol. The summed E-state index contributed by atoms with van der Waals surface area (Å²) in [6, 6.07) is 3.13. The molecule has 1 nitrogen and oxygen atoms in total. The molecule has 0 spiro atoms. The first-order valence-electron chi connectivity index (χ1n) is 4.20. The fourth-order valence-corrected chi connectivity index (χ4v) is 1.65. The lowest BCUT2D eigenvalue weighted by Crippen LogP contribution is -1.94. The summed E-state index contributed by atoms with van der Waals surface area (Å²) in [5.74, 6) is -0.240. The molecule has 1 aromatic rings. The summed E-state index contributed by atoms with van der Waals surface area (Å²) in [6.07, 6.45) is 2.53. The van der Waals surface area contributed by atoms with Gasteiger partial charge in [0.25, 0.3) is 0 Å². The van der Waals surface area contributed by atoms with E-state index < -0.39 is 0 Å². The molecule has 0 aliphatic heterocycles. The molecule has 13 heavy (non-hydrogen) atoms. The molecule has 0 aromatic heterocycles. The molecule has 2 heteroatoms. The van der Waals surface area contributed by atoms with Gasteiger partial charge >= 0.3 is 0 Å². The van der Waals surface area contributed by atoms with Crippen LogP contribution in [-0.4, -0.2) is 5.78 Å². The van der Waals surface area contributed by atoms with Crippen molar-refractivity contribution in [2.45, 2.75) is 12.8 Å². The molecule has 1 aliphatic carbocycles. The predicted octanol–water partition coefficient (Wildman–Crippen LogP) is 2.60. The molecule has 0 amide bonds. The molecule has 1 aromatic carbocycles. The Morgan fingerprint density at radius 3 is 2.85 bits per heavy atom. The molecular formula is C11H9FO. The molecule has 66 valence electrons. The van der Waals surface area contributed by atoms with Crippen molar-refractivity contribution in [3.8, 4) is 0 Å². The standard InChI is InChI=1S/C11H9FO/c1-2-7-5-9-8(10(12)6-7)3-4-11(9)13/h2,5-6H,1,3-4H2. The van der Waals surface area contributed by atoms with Crippen LogP contribution >= 0.6 is 0 Å². The van der Waals surface area contributed by atoms with E-state index in [9.17, 15) is 9.18 Å². The van der Waals surface area contributed by atoms with Gasteiger partial charge in [0.1, 0.15) is 5.82 Å². The molecule has 0 fully saturated rings. The van der Waals surface area contributed by atoms with Crippen molar-refractivity contribution in [1.82, 2.24) is 0 Å². The summed E-state index contributed by atoms with van der Waals surface area (Å²) in [4.78, 5) is 11.3. The van der Waals surface area contributed by atoms with Gasteiger partial charge in [-0.15, -0.1) is 0 Å². The first-order valence-corrected chi connectivity index (χ1v) is 4.20. The third kappa shape index (κ3) is 1.18. The maximum absolute atomic E-state index is 13.3. The molecule has 1 aliphatic rings. The van der Waals surface area contributed by atoms with Crippen molar-refractivity contribution in [1.29, 1.82) is 0 Å². The van der Waals surface area contributed by atoms with E-state index in [0.717, 1.165) is 0 Å². The lowest BCUT2D eigenvalue weighted by molar-refractivity contribution is 0.0994. The topological polar surface area (TPSA) is 17.1 Å². The highest BCUT2D eigenvalue weighted by Crippen LogP contribution is 2.26. The Labute approximate surface area is 75.9 Å². The van der Waals surface area contributed by atoms with Crippen LogP contribution in [0, 0.1) is 5.82 Å². The molecular weight excluding hydrogens is 167 g/mol. The van der Waals surface area contributed by atoms with Gasteiger partial charge in [0.15, 0.2) is 5.78 Å². The van der Waals surface area contributed by atoms with E-state index in [4.69, 9.17) is 0 Å². The maximum atomic E-state index is 13.3. The zero-order valence-corrected chi connectivity index (χ0v) is 7.14. The van der Waals surface area contributed by atoms with Crippen molar-refractivity contribution >= 4 is 11.9 Å². The van der Waals surface area contributed by atoms with Gasteiger partial charge in [0.05, 0.1) is 0 Å². The van der Waals surface area contributed by atoms with Gasteiger partial charge in [-0.25, -0.2) is 4.39 Å². The van der Waals surface area contributed by atoms with Crippen LogP contribution in [-0.2, 0) is 6.42 Å². The number of fused-ring (bicyclic) bond motifs is 1. The second-order valence-corrected chi connectivity index (χ2v) is 3.16. The molecule has 0 saturated heterocycles. The van der Waals surface area contributed by atoms with Crippen LogP contribution in [0.1, 0.15) is 27.9 Å². The Morgan fingerprint density at radius 1 is 1.38 bits per heavy atom. The van der Waals surface area contributed by atoms with Crippen LogP contribution in [0.2, 0.25) is 0 Å². The van der Waals surface area contributed by atoms with Crippen molar-refractivity contribution in [3.05, 3.63) is 41.2 Å². The van der Waals surface area contributed by atoms with Crippen LogP contribution in [0.15, 0.2) is 18.7 Å². The molecule has 0 heterocycles. The van der Waals surface area contributed by atoms with Crippen LogP contribution in [0.4, 0.5) is 4.39 Å². The summed E-state index contributed by atoms with van der Waals surface area (Å²) in [5, 5.41) is 0.